The molecular formula is C17H24O4. The first kappa shape index (κ1) is 18.9. The lowest BCUT2D eigenvalue weighted by molar-refractivity contribution is 0.0681. The Morgan fingerprint density at radius 2 is 1.24 bits per heavy atom. The van der Waals surface area contributed by atoms with Crippen LogP contribution in [0.5, 0.6) is 0 Å². The SMILES string of the molecule is C=C.CC1CCCCC1.O=C(O)c1ccc(C(=O)O)cc1. The van der Waals surface area contributed by atoms with E-state index in [4.69, 9.17) is 10.2 Å². The van der Waals surface area contributed by atoms with E-state index < -0.39 is 11.9 Å². The molecule has 0 aromatic heterocycles. The Labute approximate surface area is 126 Å². The minimum atomic E-state index is -1.06. The number of carboxylic acid groups (broad SMARTS) is 2. The Hall–Kier alpha value is -2.10. The van der Waals surface area contributed by atoms with Gasteiger partial charge in [0, 0.05) is 0 Å². The molecule has 1 aliphatic carbocycles. The molecule has 0 atom stereocenters. The van der Waals surface area contributed by atoms with Gasteiger partial charge in [0.15, 0.2) is 0 Å². The maximum atomic E-state index is 10.3. The standard InChI is InChI=1S/C8H6O4.C7H14.C2H4/c9-7(10)5-1-2-6(4-3-5)8(11)12;1-7-5-3-2-4-6-7;1-2/h1-4H,(H,9,10)(H,11,12);7H,2-6H2,1H3;1-2H2. The minimum absolute atomic E-state index is 0.0833. The second kappa shape index (κ2) is 10.7. The van der Waals surface area contributed by atoms with Crippen molar-refractivity contribution < 1.29 is 19.8 Å². The highest BCUT2D eigenvalue weighted by Gasteiger charge is 2.06. The van der Waals surface area contributed by atoms with Crippen LogP contribution >= 0.6 is 0 Å². The summed E-state index contributed by atoms with van der Waals surface area (Å²) in [5.74, 6) is -1.09. The van der Waals surface area contributed by atoms with Crippen LogP contribution < -0.4 is 0 Å². The highest BCUT2D eigenvalue weighted by Crippen LogP contribution is 2.22. The fourth-order valence-corrected chi connectivity index (χ4v) is 2.06. The van der Waals surface area contributed by atoms with Gasteiger partial charge in [0.1, 0.15) is 0 Å². The number of rotatable bonds is 2. The molecule has 0 unspecified atom stereocenters. The Kier molecular flexibility index (Phi) is 9.59. The lowest BCUT2D eigenvalue weighted by Crippen LogP contribution is -1.99. The zero-order valence-electron chi connectivity index (χ0n) is 12.5. The molecule has 0 bridgehead atoms. The third kappa shape index (κ3) is 7.92. The molecule has 1 fully saturated rings. The van der Waals surface area contributed by atoms with Gasteiger partial charge in [-0.15, -0.1) is 13.2 Å². The van der Waals surface area contributed by atoms with Gasteiger partial charge in [0.2, 0.25) is 0 Å². The van der Waals surface area contributed by atoms with E-state index >= 15 is 0 Å². The van der Waals surface area contributed by atoms with E-state index in [-0.39, 0.29) is 11.1 Å². The van der Waals surface area contributed by atoms with Crippen molar-refractivity contribution in [1.29, 1.82) is 0 Å². The molecule has 2 rings (SSSR count). The molecule has 4 heteroatoms. The number of hydrogen-bond acceptors (Lipinski definition) is 2. The minimum Gasteiger partial charge on any atom is -0.478 e. The first-order valence-corrected chi connectivity index (χ1v) is 7.07. The van der Waals surface area contributed by atoms with Crippen molar-refractivity contribution in [2.45, 2.75) is 39.0 Å². The molecule has 1 aromatic carbocycles. The molecule has 4 nitrogen and oxygen atoms in total. The molecule has 0 radical (unpaired) electrons. The summed E-state index contributed by atoms with van der Waals surface area (Å²) in [5, 5.41) is 16.9. The molecule has 0 heterocycles. The van der Waals surface area contributed by atoms with E-state index in [0.717, 1.165) is 5.92 Å². The molecule has 1 aliphatic rings. The lowest BCUT2D eigenvalue weighted by Gasteiger charge is -2.15. The number of hydrogen-bond donors (Lipinski definition) is 2. The van der Waals surface area contributed by atoms with Crippen LogP contribution in [-0.4, -0.2) is 22.2 Å². The summed E-state index contributed by atoms with van der Waals surface area (Å²) in [7, 11) is 0. The Balaban J connectivity index is 0.000000377. The maximum absolute atomic E-state index is 10.3. The first-order chi connectivity index (χ1) is 10.0. The van der Waals surface area contributed by atoms with Crippen molar-refractivity contribution in [3.8, 4) is 0 Å². The summed E-state index contributed by atoms with van der Waals surface area (Å²) in [6.07, 6.45) is 7.44. The maximum Gasteiger partial charge on any atom is 0.335 e. The van der Waals surface area contributed by atoms with Gasteiger partial charge in [0.05, 0.1) is 11.1 Å². The number of benzene rings is 1. The van der Waals surface area contributed by atoms with Crippen molar-refractivity contribution in [2.75, 3.05) is 0 Å². The van der Waals surface area contributed by atoms with Gasteiger partial charge in [0.25, 0.3) is 0 Å². The van der Waals surface area contributed by atoms with E-state index in [9.17, 15) is 9.59 Å². The van der Waals surface area contributed by atoms with Crippen LogP contribution in [-0.2, 0) is 0 Å². The molecule has 116 valence electrons. The number of aromatic carboxylic acids is 2. The van der Waals surface area contributed by atoms with Gasteiger partial charge < -0.3 is 10.2 Å². The monoisotopic (exact) mass is 292 g/mol. The van der Waals surface area contributed by atoms with E-state index in [0.29, 0.717) is 0 Å². The normalized spacial score (nSPS) is 14.0. The van der Waals surface area contributed by atoms with Gasteiger partial charge in [-0.3, -0.25) is 0 Å². The zero-order valence-corrected chi connectivity index (χ0v) is 12.5. The molecule has 21 heavy (non-hydrogen) atoms. The van der Waals surface area contributed by atoms with Crippen LogP contribution in [0.4, 0.5) is 0 Å². The van der Waals surface area contributed by atoms with Crippen molar-refractivity contribution in [3.05, 3.63) is 48.6 Å². The van der Waals surface area contributed by atoms with E-state index in [2.05, 4.69) is 20.1 Å². The third-order valence-corrected chi connectivity index (χ3v) is 3.27. The number of carboxylic acids is 2. The Morgan fingerprint density at radius 1 is 0.905 bits per heavy atom. The Bertz CT molecular complexity index is 398. The van der Waals surface area contributed by atoms with Crippen LogP contribution in [0.3, 0.4) is 0 Å². The van der Waals surface area contributed by atoms with Gasteiger partial charge in [-0.1, -0.05) is 39.0 Å². The van der Waals surface area contributed by atoms with Crippen LogP contribution in [0.1, 0.15) is 59.7 Å². The molecule has 0 aliphatic heterocycles. The lowest BCUT2D eigenvalue weighted by atomic mass is 9.91. The summed E-state index contributed by atoms with van der Waals surface area (Å²) < 4.78 is 0. The molecule has 0 spiro atoms. The van der Waals surface area contributed by atoms with Crippen molar-refractivity contribution in [3.63, 3.8) is 0 Å². The van der Waals surface area contributed by atoms with Crippen LogP contribution in [0.2, 0.25) is 0 Å². The molecule has 0 saturated heterocycles. The van der Waals surface area contributed by atoms with Gasteiger partial charge in [-0.05, 0) is 30.2 Å². The summed E-state index contributed by atoms with van der Waals surface area (Å²) in [6, 6.07) is 5.02. The summed E-state index contributed by atoms with van der Waals surface area (Å²) in [6.45, 7) is 8.36. The molecule has 1 aromatic rings. The largest absolute Gasteiger partial charge is 0.478 e. The van der Waals surface area contributed by atoms with E-state index in [1.165, 1.54) is 56.4 Å². The summed E-state index contributed by atoms with van der Waals surface area (Å²) in [5.41, 5.74) is 0.167. The predicted molar refractivity (Wildman–Crippen MR) is 83.9 cm³/mol. The average Bonchev–Trinajstić information content (AvgIpc) is 2.51. The van der Waals surface area contributed by atoms with Gasteiger partial charge in [-0.25, -0.2) is 9.59 Å². The smallest absolute Gasteiger partial charge is 0.335 e. The summed E-state index contributed by atoms with van der Waals surface area (Å²) in [4.78, 5) is 20.7. The molecule has 1 saturated carbocycles. The first-order valence-electron chi connectivity index (χ1n) is 7.07. The average molecular weight is 292 g/mol. The van der Waals surface area contributed by atoms with E-state index in [1.54, 1.807) is 0 Å². The third-order valence-electron chi connectivity index (χ3n) is 3.27. The van der Waals surface area contributed by atoms with Gasteiger partial charge in [-0.2, -0.15) is 0 Å². The topological polar surface area (TPSA) is 74.6 Å². The highest BCUT2D eigenvalue weighted by atomic mass is 16.4. The van der Waals surface area contributed by atoms with Gasteiger partial charge >= 0.3 is 11.9 Å². The zero-order chi connectivity index (χ0) is 16.3. The second-order valence-electron chi connectivity index (χ2n) is 4.93. The van der Waals surface area contributed by atoms with E-state index in [1.807, 2.05) is 0 Å². The molecule has 0 amide bonds. The fraction of sp³-hybridized carbons (Fsp3) is 0.412. The van der Waals surface area contributed by atoms with Crippen molar-refractivity contribution >= 4 is 11.9 Å². The molecule has 2 N–H and O–H groups in total. The Morgan fingerprint density at radius 3 is 1.43 bits per heavy atom. The van der Waals surface area contributed by atoms with Crippen LogP contribution in [0.25, 0.3) is 0 Å². The van der Waals surface area contributed by atoms with Crippen LogP contribution in [0, 0.1) is 5.92 Å². The summed E-state index contributed by atoms with van der Waals surface area (Å²) >= 11 is 0. The quantitative estimate of drug-likeness (QED) is 0.788. The van der Waals surface area contributed by atoms with Crippen molar-refractivity contribution in [1.82, 2.24) is 0 Å². The fourth-order valence-electron chi connectivity index (χ4n) is 2.06. The highest BCUT2D eigenvalue weighted by molar-refractivity contribution is 5.91. The predicted octanol–water partition coefficient (Wildman–Crippen LogP) is 4.47. The van der Waals surface area contributed by atoms with Crippen LogP contribution in [0.15, 0.2) is 37.4 Å². The number of carbonyl (C=O) groups is 2. The molecular weight excluding hydrogens is 268 g/mol. The second-order valence-corrected chi connectivity index (χ2v) is 4.93. The van der Waals surface area contributed by atoms with Crippen molar-refractivity contribution in [2.24, 2.45) is 5.92 Å².